The minimum absolute atomic E-state index is 0.307. The molecule has 0 saturated heterocycles. The third kappa shape index (κ3) is 1.67. The predicted molar refractivity (Wildman–Crippen MR) is 48.1 cm³/mol. The summed E-state index contributed by atoms with van der Waals surface area (Å²) >= 11 is 0. The number of hydrogen-bond acceptors (Lipinski definition) is 2. The van der Waals surface area contributed by atoms with Crippen molar-refractivity contribution in [3.8, 4) is 0 Å². The minimum atomic E-state index is -0.307. The summed E-state index contributed by atoms with van der Waals surface area (Å²) in [6.45, 7) is 5.78. The van der Waals surface area contributed by atoms with E-state index in [1.54, 1.807) is 6.92 Å². The van der Waals surface area contributed by atoms with Gasteiger partial charge in [0, 0.05) is 19.2 Å². The molecule has 1 aromatic heterocycles. The number of aryl methyl sites for hydroxylation is 1. The molecular formula is C9H16N2O. The van der Waals surface area contributed by atoms with E-state index >= 15 is 0 Å². The zero-order chi connectivity index (χ0) is 9.30. The Morgan fingerprint density at radius 1 is 1.50 bits per heavy atom. The molecule has 3 nitrogen and oxygen atoms in total. The lowest BCUT2D eigenvalue weighted by molar-refractivity contribution is 0.194. The van der Waals surface area contributed by atoms with Crippen LogP contribution in [0.25, 0.3) is 0 Å². The van der Waals surface area contributed by atoms with E-state index in [9.17, 15) is 5.11 Å². The normalized spacial score (nSPS) is 13.4. The van der Waals surface area contributed by atoms with Gasteiger partial charge in [-0.05, 0) is 20.8 Å². The molecule has 0 saturated carbocycles. The fourth-order valence-electron chi connectivity index (χ4n) is 1.26. The quantitative estimate of drug-likeness (QED) is 0.714. The Hall–Kier alpha value is -0.830. The van der Waals surface area contributed by atoms with Crippen molar-refractivity contribution in [1.29, 1.82) is 0 Å². The molecule has 12 heavy (non-hydrogen) atoms. The zero-order valence-corrected chi connectivity index (χ0v) is 8.13. The molecule has 68 valence electrons. The zero-order valence-electron chi connectivity index (χ0n) is 8.13. The van der Waals surface area contributed by atoms with Gasteiger partial charge in [-0.2, -0.15) is 0 Å². The van der Waals surface area contributed by atoms with Crippen LogP contribution in [0.1, 0.15) is 24.1 Å². The van der Waals surface area contributed by atoms with Gasteiger partial charge in [-0.1, -0.05) is 0 Å². The fraction of sp³-hybridized carbons (Fsp3) is 0.667. The van der Waals surface area contributed by atoms with Gasteiger partial charge in [0.15, 0.2) is 0 Å². The molecule has 0 bridgehead atoms. The summed E-state index contributed by atoms with van der Waals surface area (Å²) < 4.78 is 2.04. The van der Waals surface area contributed by atoms with Crippen LogP contribution in [0.15, 0.2) is 0 Å². The van der Waals surface area contributed by atoms with Crippen LogP contribution in [-0.4, -0.2) is 20.8 Å². The number of imidazole rings is 1. The second-order valence-corrected chi connectivity index (χ2v) is 3.30. The van der Waals surface area contributed by atoms with Gasteiger partial charge in [-0.15, -0.1) is 0 Å². The summed E-state index contributed by atoms with van der Waals surface area (Å²) in [6.07, 6.45) is 0.339. The van der Waals surface area contributed by atoms with Crippen LogP contribution in [0.4, 0.5) is 0 Å². The van der Waals surface area contributed by atoms with Crippen molar-refractivity contribution < 1.29 is 5.11 Å². The van der Waals surface area contributed by atoms with Crippen LogP contribution < -0.4 is 0 Å². The number of aromatic nitrogens is 2. The van der Waals surface area contributed by atoms with Crippen molar-refractivity contribution in [1.82, 2.24) is 9.55 Å². The van der Waals surface area contributed by atoms with Crippen molar-refractivity contribution in [2.24, 2.45) is 7.05 Å². The molecule has 0 spiro atoms. The van der Waals surface area contributed by atoms with E-state index in [4.69, 9.17) is 0 Å². The molecule has 0 aromatic carbocycles. The molecular weight excluding hydrogens is 152 g/mol. The van der Waals surface area contributed by atoms with E-state index in [0.29, 0.717) is 6.42 Å². The third-order valence-corrected chi connectivity index (χ3v) is 2.19. The first kappa shape index (κ1) is 9.26. The lowest BCUT2D eigenvalue weighted by Gasteiger charge is -2.02. The summed E-state index contributed by atoms with van der Waals surface area (Å²) in [5, 5.41) is 9.18. The van der Waals surface area contributed by atoms with Crippen molar-refractivity contribution in [3.05, 3.63) is 17.2 Å². The highest BCUT2D eigenvalue weighted by Gasteiger charge is 2.09. The van der Waals surface area contributed by atoms with Gasteiger partial charge in [-0.25, -0.2) is 4.98 Å². The number of aliphatic hydroxyl groups is 1. The number of rotatable bonds is 2. The smallest absolute Gasteiger partial charge is 0.105 e. The standard InChI is InChI=1S/C9H16N2O/c1-6(12)5-9-7(2)11(4)8(3)10-9/h6,12H,5H2,1-4H3. The highest BCUT2D eigenvalue weighted by atomic mass is 16.3. The van der Waals surface area contributed by atoms with Crippen LogP contribution in [-0.2, 0) is 13.5 Å². The van der Waals surface area contributed by atoms with Gasteiger partial charge >= 0.3 is 0 Å². The first-order chi connectivity index (χ1) is 5.52. The van der Waals surface area contributed by atoms with Gasteiger partial charge in [0.25, 0.3) is 0 Å². The topological polar surface area (TPSA) is 38.1 Å². The number of nitrogens with zero attached hydrogens (tertiary/aromatic N) is 2. The molecule has 0 aliphatic carbocycles. The maximum Gasteiger partial charge on any atom is 0.105 e. The van der Waals surface area contributed by atoms with Crippen LogP contribution in [0.2, 0.25) is 0 Å². The van der Waals surface area contributed by atoms with E-state index in [2.05, 4.69) is 4.98 Å². The van der Waals surface area contributed by atoms with E-state index in [-0.39, 0.29) is 6.10 Å². The van der Waals surface area contributed by atoms with Crippen molar-refractivity contribution >= 4 is 0 Å². The molecule has 0 radical (unpaired) electrons. The highest BCUT2D eigenvalue weighted by molar-refractivity contribution is 5.15. The lowest BCUT2D eigenvalue weighted by atomic mass is 10.2. The van der Waals surface area contributed by atoms with Gasteiger partial charge in [0.05, 0.1) is 11.8 Å². The molecule has 1 atom stereocenters. The second kappa shape index (κ2) is 3.27. The van der Waals surface area contributed by atoms with Gasteiger partial charge in [0.1, 0.15) is 5.82 Å². The summed E-state index contributed by atoms with van der Waals surface area (Å²) in [5.41, 5.74) is 2.15. The van der Waals surface area contributed by atoms with Crippen LogP contribution in [0.5, 0.6) is 0 Å². The third-order valence-electron chi connectivity index (χ3n) is 2.19. The predicted octanol–water partition coefficient (Wildman–Crippen LogP) is 0.960. The molecule has 1 N–H and O–H groups in total. The van der Waals surface area contributed by atoms with E-state index < -0.39 is 0 Å². The molecule has 3 heteroatoms. The molecule has 1 aromatic rings. The Kier molecular flexibility index (Phi) is 2.52. The molecule has 1 heterocycles. The average Bonchev–Trinajstić information content (AvgIpc) is 2.17. The number of aliphatic hydroxyl groups excluding tert-OH is 1. The molecule has 0 amide bonds. The lowest BCUT2D eigenvalue weighted by Crippen LogP contribution is -2.06. The monoisotopic (exact) mass is 168 g/mol. The highest BCUT2D eigenvalue weighted by Crippen LogP contribution is 2.10. The Morgan fingerprint density at radius 2 is 2.08 bits per heavy atom. The van der Waals surface area contributed by atoms with Gasteiger partial charge in [-0.3, -0.25) is 0 Å². The van der Waals surface area contributed by atoms with Crippen molar-refractivity contribution in [3.63, 3.8) is 0 Å². The maximum atomic E-state index is 9.18. The first-order valence-electron chi connectivity index (χ1n) is 4.19. The van der Waals surface area contributed by atoms with E-state index in [0.717, 1.165) is 17.2 Å². The molecule has 1 rings (SSSR count). The Balaban J connectivity index is 2.93. The largest absolute Gasteiger partial charge is 0.393 e. The summed E-state index contributed by atoms with van der Waals surface area (Å²) in [4.78, 5) is 4.35. The molecule has 1 unspecified atom stereocenters. The Labute approximate surface area is 73.1 Å². The number of hydrogen-bond donors (Lipinski definition) is 1. The molecule has 0 fully saturated rings. The fourth-order valence-corrected chi connectivity index (χ4v) is 1.26. The molecule has 0 aliphatic rings. The Morgan fingerprint density at radius 3 is 2.42 bits per heavy atom. The van der Waals surface area contributed by atoms with Crippen molar-refractivity contribution in [2.45, 2.75) is 33.3 Å². The molecule has 0 aliphatic heterocycles. The van der Waals surface area contributed by atoms with Crippen LogP contribution >= 0.6 is 0 Å². The van der Waals surface area contributed by atoms with E-state index in [1.165, 1.54) is 0 Å². The summed E-state index contributed by atoms with van der Waals surface area (Å²) in [6, 6.07) is 0. The van der Waals surface area contributed by atoms with Gasteiger partial charge < -0.3 is 9.67 Å². The first-order valence-corrected chi connectivity index (χ1v) is 4.19. The summed E-state index contributed by atoms with van der Waals surface area (Å²) in [5.74, 6) is 1.00. The van der Waals surface area contributed by atoms with Crippen LogP contribution in [0.3, 0.4) is 0 Å². The minimum Gasteiger partial charge on any atom is -0.393 e. The maximum absolute atomic E-state index is 9.18. The average molecular weight is 168 g/mol. The van der Waals surface area contributed by atoms with Crippen molar-refractivity contribution in [2.75, 3.05) is 0 Å². The summed E-state index contributed by atoms with van der Waals surface area (Å²) in [7, 11) is 1.99. The van der Waals surface area contributed by atoms with Crippen LogP contribution in [0, 0.1) is 13.8 Å². The van der Waals surface area contributed by atoms with E-state index in [1.807, 2.05) is 25.5 Å². The van der Waals surface area contributed by atoms with Gasteiger partial charge in [0.2, 0.25) is 0 Å². The second-order valence-electron chi connectivity index (χ2n) is 3.30. The Bertz CT molecular complexity index is 276. The SMILES string of the molecule is Cc1nc(CC(C)O)c(C)n1C.